The van der Waals surface area contributed by atoms with Crippen molar-refractivity contribution in [3.63, 3.8) is 0 Å². The number of para-hydroxylation sites is 1. The first-order chi connectivity index (χ1) is 11.8. The van der Waals surface area contributed by atoms with Gasteiger partial charge in [0.2, 0.25) is 0 Å². The van der Waals surface area contributed by atoms with Crippen molar-refractivity contribution in [1.82, 2.24) is 19.7 Å². The third-order valence-electron chi connectivity index (χ3n) is 4.95. The number of anilines is 1. The van der Waals surface area contributed by atoms with E-state index in [1.165, 1.54) is 19.4 Å². The molecule has 126 valence electrons. The molecule has 0 amide bonds. The summed E-state index contributed by atoms with van der Waals surface area (Å²) in [6.45, 7) is 5.35. The van der Waals surface area contributed by atoms with E-state index in [1.807, 2.05) is 25.4 Å². The van der Waals surface area contributed by atoms with Crippen LogP contribution in [0.4, 0.5) is 6.01 Å². The third kappa shape index (κ3) is 2.67. The minimum atomic E-state index is 0.501. The van der Waals surface area contributed by atoms with E-state index in [0.717, 1.165) is 29.6 Å². The summed E-state index contributed by atoms with van der Waals surface area (Å²) in [7, 11) is 2.03. The van der Waals surface area contributed by atoms with E-state index in [-0.39, 0.29) is 0 Å². The number of rotatable bonds is 5. The normalized spacial score (nSPS) is 18.5. The van der Waals surface area contributed by atoms with Crippen LogP contribution in [-0.4, -0.2) is 45.3 Å². The summed E-state index contributed by atoms with van der Waals surface area (Å²) in [5, 5.41) is 12.8. The van der Waals surface area contributed by atoms with Gasteiger partial charge in [-0.25, -0.2) is 0 Å². The van der Waals surface area contributed by atoms with Crippen molar-refractivity contribution in [3.05, 3.63) is 30.5 Å². The van der Waals surface area contributed by atoms with Gasteiger partial charge in [-0.1, -0.05) is 30.2 Å². The second-order valence-electron chi connectivity index (χ2n) is 6.39. The lowest BCUT2D eigenvalue weighted by Gasteiger charge is -2.22. The largest absolute Gasteiger partial charge is 0.403 e. The molecule has 3 heterocycles. The minimum absolute atomic E-state index is 0.501. The van der Waals surface area contributed by atoms with Crippen LogP contribution in [0, 0.1) is 0 Å². The number of fused-ring (bicyclic) bond motifs is 1. The van der Waals surface area contributed by atoms with Gasteiger partial charge in [0.15, 0.2) is 0 Å². The zero-order valence-corrected chi connectivity index (χ0v) is 14.2. The summed E-state index contributed by atoms with van der Waals surface area (Å²) in [5.74, 6) is 0.563. The summed E-state index contributed by atoms with van der Waals surface area (Å²) < 4.78 is 7.94. The van der Waals surface area contributed by atoms with E-state index >= 15 is 0 Å². The Balaban J connectivity index is 1.52. The first-order valence-electron chi connectivity index (χ1n) is 8.62. The van der Waals surface area contributed by atoms with Gasteiger partial charge in [0.05, 0.1) is 5.56 Å². The molecule has 1 atom stereocenters. The molecule has 1 saturated heterocycles. The topological polar surface area (TPSA) is 59.1 Å². The van der Waals surface area contributed by atoms with Crippen molar-refractivity contribution >= 4 is 16.9 Å². The van der Waals surface area contributed by atoms with Gasteiger partial charge >= 0.3 is 6.01 Å². The summed E-state index contributed by atoms with van der Waals surface area (Å²) in [4.78, 5) is 2.50. The lowest BCUT2D eigenvalue weighted by molar-refractivity contribution is 0.276. The molecular formula is C18H23N5O. The number of likely N-dealkylation sites (N-methyl/N-ethyl adjacent to an activating group) is 1. The van der Waals surface area contributed by atoms with Crippen molar-refractivity contribution in [1.29, 1.82) is 0 Å². The maximum Gasteiger partial charge on any atom is 0.315 e. The predicted molar refractivity (Wildman–Crippen MR) is 95.0 cm³/mol. The van der Waals surface area contributed by atoms with Gasteiger partial charge in [0.25, 0.3) is 5.89 Å². The molecule has 1 fully saturated rings. The molecule has 1 aliphatic heterocycles. The smallest absolute Gasteiger partial charge is 0.315 e. The second kappa shape index (κ2) is 6.28. The molecule has 1 unspecified atom stereocenters. The minimum Gasteiger partial charge on any atom is -0.403 e. The number of aryl methyl sites for hydroxylation is 1. The highest BCUT2D eigenvalue weighted by Gasteiger charge is 2.23. The molecule has 0 radical (unpaired) electrons. The average Bonchev–Trinajstić information content (AvgIpc) is 3.32. The van der Waals surface area contributed by atoms with E-state index in [9.17, 15) is 0 Å². The number of nitrogens with one attached hydrogen (secondary N) is 1. The molecule has 1 aliphatic rings. The highest BCUT2D eigenvalue weighted by Crippen LogP contribution is 2.30. The number of likely N-dealkylation sites (tertiary alicyclic amines) is 1. The Morgan fingerprint density at radius 1 is 1.29 bits per heavy atom. The Morgan fingerprint density at radius 3 is 3.04 bits per heavy atom. The lowest BCUT2D eigenvalue weighted by atomic mass is 10.2. The predicted octanol–water partition coefficient (Wildman–Crippen LogP) is 3.12. The number of nitrogens with zero attached hydrogens (tertiary/aromatic N) is 4. The summed E-state index contributed by atoms with van der Waals surface area (Å²) >= 11 is 0. The van der Waals surface area contributed by atoms with Crippen LogP contribution in [0.2, 0.25) is 0 Å². The first kappa shape index (κ1) is 15.2. The zero-order valence-electron chi connectivity index (χ0n) is 14.2. The Kier molecular flexibility index (Phi) is 3.98. The average molecular weight is 325 g/mol. The molecular weight excluding hydrogens is 302 g/mol. The summed E-state index contributed by atoms with van der Waals surface area (Å²) in [6, 6.07) is 9.30. The fourth-order valence-electron chi connectivity index (χ4n) is 3.66. The highest BCUT2D eigenvalue weighted by atomic mass is 16.4. The molecule has 1 aromatic carbocycles. The van der Waals surface area contributed by atoms with Crippen molar-refractivity contribution in [2.75, 3.05) is 25.0 Å². The Labute approximate surface area is 141 Å². The molecule has 0 bridgehead atoms. The van der Waals surface area contributed by atoms with Crippen LogP contribution in [0.15, 0.2) is 34.9 Å². The number of benzene rings is 1. The van der Waals surface area contributed by atoms with E-state index in [2.05, 4.69) is 44.0 Å². The lowest BCUT2D eigenvalue weighted by Crippen LogP contribution is -2.34. The molecule has 6 nitrogen and oxygen atoms in total. The molecule has 3 aromatic rings. The standard InChI is InChI=1S/C18H23N5O/c1-3-23-10-6-7-13(23)11-19-18-21-20-17(24-18)15-12-22(2)16-9-5-4-8-14(15)16/h4-5,8-9,12-13H,3,6-7,10-11H2,1-2H3,(H,19,21). The van der Waals surface area contributed by atoms with Crippen molar-refractivity contribution < 1.29 is 4.42 Å². The van der Waals surface area contributed by atoms with Crippen molar-refractivity contribution in [2.45, 2.75) is 25.8 Å². The van der Waals surface area contributed by atoms with Crippen LogP contribution < -0.4 is 5.32 Å². The van der Waals surface area contributed by atoms with Gasteiger partial charge < -0.3 is 14.3 Å². The molecule has 2 aromatic heterocycles. The molecule has 4 rings (SSSR count). The maximum atomic E-state index is 5.85. The highest BCUT2D eigenvalue weighted by molar-refractivity contribution is 5.93. The molecule has 24 heavy (non-hydrogen) atoms. The van der Waals surface area contributed by atoms with Gasteiger partial charge in [-0.3, -0.25) is 4.90 Å². The van der Waals surface area contributed by atoms with E-state index in [0.29, 0.717) is 17.9 Å². The van der Waals surface area contributed by atoms with Crippen LogP contribution in [0.25, 0.3) is 22.4 Å². The summed E-state index contributed by atoms with van der Waals surface area (Å²) in [5.41, 5.74) is 2.13. The van der Waals surface area contributed by atoms with Crippen molar-refractivity contribution in [2.24, 2.45) is 7.05 Å². The molecule has 0 spiro atoms. The van der Waals surface area contributed by atoms with Crippen LogP contribution in [0.5, 0.6) is 0 Å². The first-order valence-corrected chi connectivity index (χ1v) is 8.62. The van der Waals surface area contributed by atoms with Gasteiger partial charge in [-0.2, -0.15) is 0 Å². The Hall–Kier alpha value is -2.34. The van der Waals surface area contributed by atoms with Crippen molar-refractivity contribution in [3.8, 4) is 11.5 Å². The van der Waals surface area contributed by atoms with Crippen LogP contribution in [0.1, 0.15) is 19.8 Å². The van der Waals surface area contributed by atoms with Gasteiger partial charge in [-0.05, 0) is 32.0 Å². The molecule has 6 heteroatoms. The fourth-order valence-corrected chi connectivity index (χ4v) is 3.66. The van der Waals surface area contributed by atoms with Gasteiger partial charge in [0, 0.05) is 36.7 Å². The molecule has 0 saturated carbocycles. The Morgan fingerprint density at radius 2 is 2.17 bits per heavy atom. The Bertz CT molecular complexity index is 837. The SMILES string of the molecule is CCN1CCCC1CNc1nnc(-c2cn(C)c3ccccc23)o1. The van der Waals surface area contributed by atoms with Crippen LogP contribution in [0.3, 0.4) is 0 Å². The van der Waals surface area contributed by atoms with E-state index in [1.54, 1.807) is 0 Å². The number of hydrogen-bond acceptors (Lipinski definition) is 5. The van der Waals surface area contributed by atoms with E-state index in [4.69, 9.17) is 4.42 Å². The second-order valence-corrected chi connectivity index (χ2v) is 6.39. The molecule has 0 aliphatic carbocycles. The third-order valence-corrected chi connectivity index (χ3v) is 4.95. The number of hydrogen-bond donors (Lipinski definition) is 1. The van der Waals surface area contributed by atoms with Crippen LogP contribution >= 0.6 is 0 Å². The van der Waals surface area contributed by atoms with E-state index < -0.39 is 0 Å². The van der Waals surface area contributed by atoms with Gasteiger partial charge in [0.1, 0.15) is 0 Å². The summed E-state index contributed by atoms with van der Waals surface area (Å²) in [6.07, 6.45) is 4.54. The monoisotopic (exact) mass is 325 g/mol. The quantitative estimate of drug-likeness (QED) is 0.781. The molecule has 1 N–H and O–H groups in total. The number of aromatic nitrogens is 3. The van der Waals surface area contributed by atoms with Crippen LogP contribution in [-0.2, 0) is 7.05 Å². The zero-order chi connectivity index (χ0) is 16.5. The fraction of sp³-hybridized carbons (Fsp3) is 0.444. The van der Waals surface area contributed by atoms with Gasteiger partial charge in [-0.15, -0.1) is 5.10 Å². The maximum absolute atomic E-state index is 5.85.